The Balaban J connectivity index is 2.05. The second-order valence-electron chi connectivity index (χ2n) is 4.33. The lowest BCUT2D eigenvalue weighted by molar-refractivity contribution is 0.884. The van der Waals surface area contributed by atoms with E-state index < -0.39 is 0 Å². The summed E-state index contributed by atoms with van der Waals surface area (Å²) in [6.45, 7) is 4.36. The van der Waals surface area contributed by atoms with Gasteiger partial charge in [-0.3, -0.25) is 0 Å². The van der Waals surface area contributed by atoms with Crippen LogP contribution in [0.25, 0.3) is 0 Å². The first kappa shape index (κ1) is 11.7. The molecule has 0 fully saturated rings. The van der Waals surface area contributed by atoms with Gasteiger partial charge in [0.15, 0.2) is 0 Å². The molecule has 1 heteroatoms. The minimum Gasteiger partial charge on any atom is -0.379 e. The van der Waals surface area contributed by atoms with Crippen LogP contribution in [-0.4, -0.2) is 0 Å². The van der Waals surface area contributed by atoms with E-state index in [-0.39, 0.29) is 0 Å². The smallest absolute Gasteiger partial charge is 0.0485 e. The van der Waals surface area contributed by atoms with E-state index in [1.54, 1.807) is 0 Å². The molecule has 0 aromatic heterocycles. The second kappa shape index (κ2) is 5.53. The number of benzene rings is 2. The van der Waals surface area contributed by atoms with Crippen molar-refractivity contribution >= 4 is 5.69 Å². The van der Waals surface area contributed by atoms with Crippen LogP contribution in [0.2, 0.25) is 0 Å². The fraction of sp³-hybridized carbons (Fsp3) is 0.250. The normalized spacial score (nSPS) is 12.1. The molecule has 0 aliphatic heterocycles. The average Bonchev–Trinajstić information content (AvgIpc) is 2.40. The minimum absolute atomic E-state index is 0.337. The van der Waals surface area contributed by atoms with Crippen LogP contribution in [0, 0.1) is 0 Å². The highest BCUT2D eigenvalue weighted by atomic mass is 14.9. The Morgan fingerprint density at radius 3 is 2.18 bits per heavy atom. The highest BCUT2D eigenvalue weighted by Gasteiger charge is 2.03. The summed E-state index contributed by atoms with van der Waals surface area (Å²) in [5.74, 6) is 0. The number of nitrogens with one attached hydrogen (secondary N) is 1. The Morgan fingerprint density at radius 2 is 1.59 bits per heavy atom. The van der Waals surface area contributed by atoms with Gasteiger partial charge in [0.25, 0.3) is 0 Å². The van der Waals surface area contributed by atoms with Crippen LogP contribution in [0.1, 0.15) is 31.0 Å². The zero-order valence-corrected chi connectivity index (χ0v) is 10.5. The lowest BCUT2D eigenvalue weighted by atomic mass is 10.1. The number of rotatable bonds is 4. The largest absolute Gasteiger partial charge is 0.379 e. The van der Waals surface area contributed by atoms with Crippen LogP contribution in [0.15, 0.2) is 54.6 Å². The Kier molecular flexibility index (Phi) is 3.81. The van der Waals surface area contributed by atoms with Crippen molar-refractivity contribution in [3.63, 3.8) is 0 Å². The number of hydrogen-bond donors (Lipinski definition) is 1. The van der Waals surface area contributed by atoms with Gasteiger partial charge in [-0.1, -0.05) is 49.4 Å². The van der Waals surface area contributed by atoms with Crippen molar-refractivity contribution < 1.29 is 0 Å². The summed E-state index contributed by atoms with van der Waals surface area (Å²) in [5.41, 5.74) is 3.87. The third-order valence-corrected chi connectivity index (χ3v) is 3.04. The van der Waals surface area contributed by atoms with Gasteiger partial charge in [0, 0.05) is 11.7 Å². The molecule has 0 saturated carbocycles. The Hall–Kier alpha value is -1.76. The van der Waals surface area contributed by atoms with E-state index in [2.05, 4.69) is 67.7 Å². The van der Waals surface area contributed by atoms with Gasteiger partial charge in [0.1, 0.15) is 0 Å². The molecule has 17 heavy (non-hydrogen) atoms. The predicted octanol–water partition coefficient (Wildman–Crippen LogP) is 4.42. The van der Waals surface area contributed by atoms with Crippen LogP contribution >= 0.6 is 0 Å². The highest BCUT2D eigenvalue weighted by Crippen LogP contribution is 2.19. The number of aryl methyl sites for hydroxylation is 1. The van der Waals surface area contributed by atoms with E-state index in [0.29, 0.717) is 6.04 Å². The zero-order valence-electron chi connectivity index (χ0n) is 10.5. The first-order valence-corrected chi connectivity index (χ1v) is 6.20. The molecule has 0 aliphatic carbocycles. The molecule has 2 aromatic rings. The van der Waals surface area contributed by atoms with Gasteiger partial charge in [-0.15, -0.1) is 0 Å². The van der Waals surface area contributed by atoms with Crippen LogP contribution < -0.4 is 5.32 Å². The molecular weight excluding hydrogens is 206 g/mol. The molecule has 2 rings (SSSR count). The Bertz CT molecular complexity index is 445. The van der Waals surface area contributed by atoms with E-state index in [1.807, 2.05) is 6.07 Å². The molecule has 0 unspecified atom stereocenters. The molecule has 0 bridgehead atoms. The van der Waals surface area contributed by atoms with Gasteiger partial charge in [-0.05, 0) is 36.6 Å². The maximum atomic E-state index is 3.51. The summed E-state index contributed by atoms with van der Waals surface area (Å²) in [7, 11) is 0. The predicted molar refractivity (Wildman–Crippen MR) is 74.3 cm³/mol. The standard InChI is InChI=1S/C16H19N/c1-3-14-9-11-16(12-10-14)17-13(2)15-7-5-4-6-8-15/h4-13,17H,3H2,1-2H3/t13-/m0/s1. The van der Waals surface area contributed by atoms with Crippen LogP contribution in [-0.2, 0) is 6.42 Å². The monoisotopic (exact) mass is 225 g/mol. The van der Waals surface area contributed by atoms with Crippen molar-refractivity contribution in [2.45, 2.75) is 26.3 Å². The SMILES string of the molecule is CCc1ccc(N[C@@H](C)c2ccccc2)cc1. The van der Waals surface area contributed by atoms with E-state index in [4.69, 9.17) is 0 Å². The first-order chi connectivity index (χ1) is 8.29. The van der Waals surface area contributed by atoms with Crippen molar-refractivity contribution in [2.75, 3.05) is 5.32 Å². The molecule has 0 amide bonds. The van der Waals surface area contributed by atoms with Crippen molar-refractivity contribution in [1.29, 1.82) is 0 Å². The maximum Gasteiger partial charge on any atom is 0.0485 e. The molecule has 1 N–H and O–H groups in total. The fourth-order valence-corrected chi connectivity index (χ4v) is 1.91. The van der Waals surface area contributed by atoms with Crippen LogP contribution in [0.5, 0.6) is 0 Å². The second-order valence-corrected chi connectivity index (χ2v) is 4.33. The molecule has 0 heterocycles. The van der Waals surface area contributed by atoms with Crippen molar-refractivity contribution in [1.82, 2.24) is 0 Å². The van der Waals surface area contributed by atoms with E-state index in [0.717, 1.165) is 6.42 Å². The fourth-order valence-electron chi connectivity index (χ4n) is 1.91. The third kappa shape index (κ3) is 3.10. The van der Waals surface area contributed by atoms with Gasteiger partial charge in [0.2, 0.25) is 0 Å². The maximum absolute atomic E-state index is 3.51. The summed E-state index contributed by atoms with van der Waals surface area (Å²) < 4.78 is 0. The lowest BCUT2D eigenvalue weighted by Gasteiger charge is -2.15. The van der Waals surface area contributed by atoms with E-state index in [1.165, 1.54) is 16.8 Å². The average molecular weight is 225 g/mol. The summed E-state index contributed by atoms with van der Waals surface area (Å²) in [6.07, 6.45) is 1.09. The lowest BCUT2D eigenvalue weighted by Crippen LogP contribution is -2.06. The zero-order chi connectivity index (χ0) is 12.1. The summed E-state index contributed by atoms with van der Waals surface area (Å²) >= 11 is 0. The van der Waals surface area contributed by atoms with Gasteiger partial charge in [0.05, 0.1) is 0 Å². The molecule has 0 aliphatic rings. The molecule has 88 valence electrons. The molecule has 1 nitrogen and oxygen atoms in total. The summed E-state index contributed by atoms with van der Waals surface area (Å²) in [5, 5.41) is 3.51. The molecule has 1 atom stereocenters. The third-order valence-electron chi connectivity index (χ3n) is 3.04. The topological polar surface area (TPSA) is 12.0 Å². The van der Waals surface area contributed by atoms with Crippen molar-refractivity contribution in [2.24, 2.45) is 0 Å². The molecule has 0 spiro atoms. The van der Waals surface area contributed by atoms with Gasteiger partial charge in [-0.25, -0.2) is 0 Å². The first-order valence-electron chi connectivity index (χ1n) is 6.20. The Labute approximate surface area is 103 Å². The van der Waals surface area contributed by atoms with Crippen molar-refractivity contribution in [3.8, 4) is 0 Å². The minimum atomic E-state index is 0.337. The van der Waals surface area contributed by atoms with Crippen molar-refractivity contribution in [3.05, 3.63) is 65.7 Å². The van der Waals surface area contributed by atoms with Gasteiger partial charge >= 0.3 is 0 Å². The van der Waals surface area contributed by atoms with Crippen LogP contribution in [0.4, 0.5) is 5.69 Å². The number of anilines is 1. The quantitative estimate of drug-likeness (QED) is 0.812. The molecule has 0 saturated heterocycles. The Morgan fingerprint density at radius 1 is 0.941 bits per heavy atom. The summed E-state index contributed by atoms with van der Waals surface area (Å²) in [6, 6.07) is 19.5. The van der Waals surface area contributed by atoms with E-state index >= 15 is 0 Å². The molecular formula is C16H19N. The highest BCUT2D eigenvalue weighted by molar-refractivity contribution is 5.46. The van der Waals surface area contributed by atoms with E-state index in [9.17, 15) is 0 Å². The number of hydrogen-bond acceptors (Lipinski definition) is 1. The van der Waals surface area contributed by atoms with Crippen LogP contribution in [0.3, 0.4) is 0 Å². The molecule has 2 aromatic carbocycles. The van der Waals surface area contributed by atoms with Gasteiger partial charge < -0.3 is 5.32 Å². The summed E-state index contributed by atoms with van der Waals surface area (Å²) in [4.78, 5) is 0. The van der Waals surface area contributed by atoms with Gasteiger partial charge in [-0.2, -0.15) is 0 Å². The molecule has 0 radical (unpaired) electrons.